The number of rotatable bonds is 5. The Bertz CT molecular complexity index is 401. The highest BCUT2D eigenvalue weighted by atomic mass is 19.1. The maximum atomic E-state index is 12.9. The standard InChI is InChI=1S/C16H25FN2O/c1-3-19-10-8-15(9-11-19)18(2)12-16(20)13-4-6-14(17)7-5-13/h4-7,15-16,20H,3,8-12H2,1-2H3. The van der Waals surface area contributed by atoms with E-state index in [9.17, 15) is 9.50 Å². The maximum absolute atomic E-state index is 12.9. The Morgan fingerprint density at radius 1 is 1.30 bits per heavy atom. The Kier molecular flexibility index (Phi) is 5.52. The SMILES string of the molecule is CCN1CCC(N(C)CC(O)c2ccc(F)cc2)CC1. The first kappa shape index (κ1) is 15.4. The molecular weight excluding hydrogens is 255 g/mol. The van der Waals surface area contributed by atoms with Crippen molar-refractivity contribution in [3.05, 3.63) is 35.6 Å². The van der Waals surface area contributed by atoms with Gasteiger partial charge in [0.15, 0.2) is 0 Å². The number of hydrogen-bond donors (Lipinski definition) is 1. The van der Waals surface area contributed by atoms with Crippen LogP contribution in [-0.4, -0.2) is 54.2 Å². The topological polar surface area (TPSA) is 26.7 Å². The molecule has 2 rings (SSSR count). The van der Waals surface area contributed by atoms with Gasteiger partial charge in [0.25, 0.3) is 0 Å². The minimum atomic E-state index is -0.551. The Morgan fingerprint density at radius 3 is 2.45 bits per heavy atom. The van der Waals surface area contributed by atoms with Crippen molar-refractivity contribution in [3.63, 3.8) is 0 Å². The molecule has 3 nitrogen and oxygen atoms in total. The molecule has 0 amide bonds. The highest BCUT2D eigenvalue weighted by Gasteiger charge is 2.23. The van der Waals surface area contributed by atoms with Crippen LogP contribution in [0.1, 0.15) is 31.4 Å². The molecule has 1 heterocycles. The summed E-state index contributed by atoms with van der Waals surface area (Å²) in [6.07, 6.45) is 1.76. The molecule has 1 N–H and O–H groups in total. The minimum absolute atomic E-state index is 0.263. The van der Waals surface area contributed by atoms with Gasteiger partial charge in [-0.2, -0.15) is 0 Å². The van der Waals surface area contributed by atoms with Gasteiger partial charge in [0.05, 0.1) is 6.10 Å². The monoisotopic (exact) mass is 280 g/mol. The Hall–Kier alpha value is -0.970. The van der Waals surface area contributed by atoms with Gasteiger partial charge in [0.2, 0.25) is 0 Å². The third-order valence-electron chi connectivity index (χ3n) is 4.34. The molecule has 0 aliphatic carbocycles. The second-order valence-electron chi connectivity index (χ2n) is 5.67. The number of halogens is 1. The van der Waals surface area contributed by atoms with Crippen molar-refractivity contribution < 1.29 is 9.50 Å². The van der Waals surface area contributed by atoms with Crippen molar-refractivity contribution in [1.82, 2.24) is 9.80 Å². The molecule has 0 radical (unpaired) electrons. The molecule has 0 bridgehead atoms. The summed E-state index contributed by atoms with van der Waals surface area (Å²) in [6.45, 7) is 6.19. The fourth-order valence-corrected chi connectivity index (χ4v) is 2.89. The number of aliphatic hydroxyl groups excluding tert-OH is 1. The largest absolute Gasteiger partial charge is 0.387 e. The summed E-state index contributed by atoms with van der Waals surface area (Å²) >= 11 is 0. The number of hydrogen-bond acceptors (Lipinski definition) is 3. The molecule has 1 aromatic carbocycles. The second kappa shape index (κ2) is 7.16. The number of nitrogens with zero attached hydrogens (tertiary/aromatic N) is 2. The van der Waals surface area contributed by atoms with E-state index in [-0.39, 0.29) is 5.82 Å². The summed E-state index contributed by atoms with van der Waals surface area (Å²) in [5, 5.41) is 10.2. The average molecular weight is 280 g/mol. The fraction of sp³-hybridized carbons (Fsp3) is 0.625. The number of aliphatic hydroxyl groups is 1. The van der Waals surface area contributed by atoms with E-state index in [0.29, 0.717) is 12.6 Å². The van der Waals surface area contributed by atoms with E-state index in [1.54, 1.807) is 12.1 Å². The van der Waals surface area contributed by atoms with Crippen LogP contribution >= 0.6 is 0 Å². The van der Waals surface area contributed by atoms with Crippen molar-refractivity contribution in [3.8, 4) is 0 Å². The zero-order chi connectivity index (χ0) is 14.5. The van der Waals surface area contributed by atoms with Gasteiger partial charge in [0, 0.05) is 12.6 Å². The summed E-state index contributed by atoms with van der Waals surface area (Å²) in [6, 6.07) is 6.66. The second-order valence-corrected chi connectivity index (χ2v) is 5.67. The number of likely N-dealkylation sites (N-methyl/N-ethyl adjacent to an activating group) is 1. The van der Waals surface area contributed by atoms with E-state index in [4.69, 9.17) is 0 Å². The van der Waals surface area contributed by atoms with Crippen molar-refractivity contribution in [2.75, 3.05) is 33.2 Å². The summed E-state index contributed by atoms with van der Waals surface area (Å²) in [7, 11) is 2.07. The molecule has 112 valence electrons. The normalized spacial score (nSPS) is 19.4. The van der Waals surface area contributed by atoms with E-state index in [1.807, 2.05) is 0 Å². The van der Waals surface area contributed by atoms with Crippen LogP contribution in [0, 0.1) is 5.82 Å². The van der Waals surface area contributed by atoms with E-state index in [2.05, 4.69) is 23.8 Å². The Morgan fingerprint density at radius 2 is 1.90 bits per heavy atom. The minimum Gasteiger partial charge on any atom is -0.387 e. The molecule has 1 aromatic rings. The summed E-state index contributed by atoms with van der Waals surface area (Å²) in [5.41, 5.74) is 0.782. The highest BCUT2D eigenvalue weighted by molar-refractivity contribution is 5.18. The van der Waals surface area contributed by atoms with Gasteiger partial charge in [-0.15, -0.1) is 0 Å². The van der Waals surface area contributed by atoms with Gasteiger partial charge < -0.3 is 14.9 Å². The van der Waals surface area contributed by atoms with Crippen molar-refractivity contribution in [2.45, 2.75) is 31.9 Å². The molecule has 0 saturated carbocycles. The smallest absolute Gasteiger partial charge is 0.123 e. The fourth-order valence-electron chi connectivity index (χ4n) is 2.89. The maximum Gasteiger partial charge on any atom is 0.123 e. The number of benzene rings is 1. The van der Waals surface area contributed by atoms with Crippen LogP contribution in [0.2, 0.25) is 0 Å². The first-order chi connectivity index (χ1) is 9.60. The van der Waals surface area contributed by atoms with Gasteiger partial charge in [-0.05, 0) is 57.2 Å². The van der Waals surface area contributed by atoms with Gasteiger partial charge in [0.1, 0.15) is 5.82 Å². The molecule has 1 atom stereocenters. The predicted molar refractivity (Wildman–Crippen MR) is 79.1 cm³/mol. The lowest BCUT2D eigenvalue weighted by atomic mass is 10.0. The van der Waals surface area contributed by atoms with Crippen molar-refractivity contribution in [1.29, 1.82) is 0 Å². The molecule has 4 heteroatoms. The van der Waals surface area contributed by atoms with Gasteiger partial charge in [-0.3, -0.25) is 0 Å². The van der Waals surface area contributed by atoms with E-state index < -0.39 is 6.10 Å². The highest BCUT2D eigenvalue weighted by Crippen LogP contribution is 2.19. The molecule has 1 fully saturated rings. The van der Waals surface area contributed by atoms with Crippen LogP contribution in [0.3, 0.4) is 0 Å². The van der Waals surface area contributed by atoms with Gasteiger partial charge >= 0.3 is 0 Å². The average Bonchev–Trinajstić information content (AvgIpc) is 2.48. The lowest BCUT2D eigenvalue weighted by Gasteiger charge is -2.37. The zero-order valence-electron chi connectivity index (χ0n) is 12.4. The first-order valence-electron chi connectivity index (χ1n) is 7.46. The van der Waals surface area contributed by atoms with Crippen molar-refractivity contribution >= 4 is 0 Å². The van der Waals surface area contributed by atoms with E-state index in [0.717, 1.165) is 38.0 Å². The molecular formula is C16H25FN2O. The molecule has 1 saturated heterocycles. The summed E-state index contributed by atoms with van der Waals surface area (Å²) in [4.78, 5) is 4.70. The first-order valence-corrected chi connectivity index (χ1v) is 7.46. The van der Waals surface area contributed by atoms with E-state index >= 15 is 0 Å². The predicted octanol–water partition coefficient (Wildman–Crippen LogP) is 2.28. The van der Waals surface area contributed by atoms with E-state index in [1.165, 1.54) is 12.1 Å². The molecule has 1 aliphatic rings. The molecule has 0 aromatic heterocycles. The van der Waals surface area contributed by atoms with Gasteiger partial charge in [-0.1, -0.05) is 19.1 Å². The van der Waals surface area contributed by atoms with Crippen molar-refractivity contribution in [2.24, 2.45) is 0 Å². The number of piperidine rings is 1. The zero-order valence-corrected chi connectivity index (χ0v) is 12.4. The van der Waals surface area contributed by atoms with Crippen LogP contribution < -0.4 is 0 Å². The third kappa shape index (κ3) is 4.01. The quantitative estimate of drug-likeness (QED) is 0.896. The van der Waals surface area contributed by atoms with Crippen LogP contribution in [0.5, 0.6) is 0 Å². The molecule has 20 heavy (non-hydrogen) atoms. The molecule has 1 unspecified atom stereocenters. The summed E-state index contributed by atoms with van der Waals surface area (Å²) in [5.74, 6) is -0.263. The van der Waals surface area contributed by atoms with Crippen LogP contribution in [0.25, 0.3) is 0 Å². The molecule has 0 spiro atoms. The summed E-state index contributed by atoms with van der Waals surface area (Å²) < 4.78 is 12.9. The number of likely N-dealkylation sites (tertiary alicyclic amines) is 1. The lowest BCUT2D eigenvalue weighted by Crippen LogP contribution is -2.44. The lowest BCUT2D eigenvalue weighted by molar-refractivity contribution is 0.0748. The van der Waals surface area contributed by atoms with Crippen LogP contribution in [-0.2, 0) is 0 Å². The van der Waals surface area contributed by atoms with Crippen LogP contribution in [0.15, 0.2) is 24.3 Å². The third-order valence-corrected chi connectivity index (χ3v) is 4.34. The van der Waals surface area contributed by atoms with Crippen LogP contribution in [0.4, 0.5) is 4.39 Å². The Labute approximate surface area is 121 Å². The molecule has 1 aliphatic heterocycles. The Balaban J connectivity index is 1.84. The van der Waals surface area contributed by atoms with Gasteiger partial charge in [-0.25, -0.2) is 4.39 Å².